The van der Waals surface area contributed by atoms with Gasteiger partial charge in [0.05, 0.1) is 25.6 Å². The molecule has 2 unspecified atom stereocenters. The Morgan fingerprint density at radius 2 is 1.14 bits per heavy atom. The molecule has 3 rings (SSSR count). The Bertz CT molecular complexity index is 1200. The first kappa shape index (κ1) is 49.5. The van der Waals surface area contributed by atoms with Crippen molar-refractivity contribution >= 4 is 45.3 Å². The summed E-state index contributed by atoms with van der Waals surface area (Å²) in [5.74, 6) is -1.11. The number of ether oxygens (including phenoxy) is 2. The summed E-state index contributed by atoms with van der Waals surface area (Å²) in [7, 11) is 3.09. The van der Waals surface area contributed by atoms with E-state index in [1.54, 1.807) is 10.8 Å². The molecule has 0 saturated carbocycles. The van der Waals surface area contributed by atoms with Crippen LogP contribution in [-0.4, -0.2) is 213 Å². The predicted octanol–water partition coefficient (Wildman–Crippen LogP) is 0.749. The molecule has 3 heterocycles. The molecule has 328 valence electrons. The number of aliphatic carboxylic acids is 2. The number of hydrogen-bond acceptors (Lipinski definition) is 16. The van der Waals surface area contributed by atoms with Gasteiger partial charge in [-0.1, -0.05) is 60.1 Å². The molecular weight excluding hydrogens is 783 g/mol. The number of aliphatic hydroxyl groups excluding tert-OH is 4. The first-order valence-corrected chi connectivity index (χ1v) is 23.0. The third kappa shape index (κ3) is 19.8. The van der Waals surface area contributed by atoms with Crippen molar-refractivity contribution in [1.29, 1.82) is 0 Å². The van der Waals surface area contributed by atoms with Crippen molar-refractivity contribution in [3.63, 3.8) is 0 Å². The second-order valence-electron chi connectivity index (χ2n) is 15.0. The molecular formula is C38H67N5O12S2. The van der Waals surface area contributed by atoms with E-state index in [0.29, 0.717) is 45.2 Å². The molecule has 0 radical (unpaired) electrons. The Labute approximate surface area is 345 Å². The van der Waals surface area contributed by atoms with E-state index in [9.17, 15) is 49.8 Å². The molecule has 6 N–H and O–H groups in total. The van der Waals surface area contributed by atoms with Gasteiger partial charge in [-0.05, 0) is 58.3 Å². The van der Waals surface area contributed by atoms with Crippen molar-refractivity contribution in [3.05, 3.63) is 12.2 Å². The van der Waals surface area contributed by atoms with Crippen molar-refractivity contribution in [3.8, 4) is 0 Å². The molecule has 3 aliphatic heterocycles. The second-order valence-corrected chi connectivity index (χ2v) is 17.5. The lowest BCUT2D eigenvalue weighted by atomic mass is 9.99. The number of nitrogens with zero attached hydrogens (tertiary/aromatic N) is 5. The average Bonchev–Trinajstić information content (AvgIpc) is 3.49. The van der Waals surface area contributed by atoms with Gasteiger partial charge in [-0.3, -0.25) is 33.9 Å². The molecule has 0 spiro atoms. The molecule has 2 saturated heterocycles. The summed E-state index contributed by atoms with van der Waals surface area (Å²) in [5.41, 5.74) is 0. The van der Waals surface area contributed by atoms with Crippen LogP contribution in [0.3, 0.4) is 0 Å². The van der Waals surface area contributed by atoms with Crippen LogP contribution in [0.1, 0.15) is 70.6 Å². The SMILES string of the molecule is O=C(O)CN1CCCN(CCCSSCN2C(=O)C=CC2=O)CCN(CC(=O)O)CCCN(CCCCCCCCCCO[C@@H]2OC(CO)[C@@H](O)[C@H](O)C2O)CC1. The maximum atomic E-state index is 11.8. The van der Waals surface area contributed by atoms with Crippen LogP contribution in [0.25, 0.3) is 0 Å². The molecule has 0 bridgehead atoms. The van der Waals surface area contributed by atoms with Crippen LogP contribution < -0.4 is 0 Å². The molecule has 0 aliphatic carbocycles. The van der Waals surface area contributed by atoms with Crippen molar-refractivity contribution in [2.45, 2.75) is 101 Å². The summed E-state index contributed by atoms with van der Waals surface area (Å²) in [5, 5.41) is 58.5. The minimum Gasteiger partial charge on any atom is -0.480 e. The molecule has 2 fully saturated rings. The van der Waals surface area contributed by atoms with Crippen LogP contribution in [-0.2, 0) is 28.7 Å². The molecule has 0 aromatic heterocycles. The van der Waals surface area contributed by atoms with E-state index in [0.717, 1.165) is 109 Å². The zero-order chi connectivity index (χ0) is 41.4. The zero-order valence-corrected chi connectivity index (χ0v) is 35.0. The van der Waals surface area contributed by atoms with Crippen LogP contribution in [0.2, 0.25) is 0 Å². The van der Waals surface area contributed by atoms with Crippen LogP contribution in [0.5, 0.6) is 0 Å². The fraction of sp³-hybridized carbons (Fsp3) is 0.842. The van der Waals surface area contributed by atoms with Gasteiger partial charge in [0.1, 0.15) is 24.4 Å². The topological polar surface area (TPSA) is 224 Å². The van der Waals surface area contributed by atoms with Crippen LogP contribution >= 0.6 is 21.6 Å². The number of imide groups is 1. The number of carboxylic acids is 2. The van der Waals surface area contributed by atoms with Crippen molar-refractivity contribution in [2.75, 3.05) is 103 Å². The second kappa shape index (κ2) is 28.6. The third-order valence-corrected chi connectivity index (χ3v) is 12.7. The Morgan fingerprint density at radius 3 is 1.68 bits per heavy atom. The summed E-state index contributed by atoms with van der Waals surface area (Å²) < 4.78 is 10.9. The van der Waals surface area contributed by atoms with Gasteiger partial charge in [-0.15, -0.1) is 0 Å². The Kier molecular flexibility index (Phi) is 24.8. The summed E-state index contributed by atoms with van der Waals surface area (Å²) in [4.78, 5) is 57.0. The fourth-order valence-electron chi connectivity index (χ4n) is 7.15. The number of carbonyl (C=O) groups excluding carboxylic acids is 2. The highest BCUT2D eigenvalue weighted by Gasteiger charge is 2.43. The van der Waals surface area contributed by atoms with E-state index in [-0.39, 0.29) is 24.9 Å². The molecule has 3 aliphatic rings. The highest BCUT2D eigenvalue weighted by atomic mass is 33.1. The lowest BCUT2D eigenvalue weighted by Crippen LogP contribution is -2.59. The first-order valence-electron chi connectivity index (χ1n) is 20.5. The summed E-state index contributed by atoms with van der Waals surface area (Å²) in [6, 6.07) is 0. The van der Waals surface area contributed by atoms with Gasteiger partial charge in [0.2, 0.25) is 0 Å². The average molecular weight is 850 g/mol. The summed E-state index contributed by atoms with van der Waals surface area (Å²) >= 11 is 0. The molecule has 5 atom stereocenters. The minimum atomic E-state index is -1.44. The molecule has 0 aromatic rings. The van der Waals surface area contributed by atoms with Gasteiger partial charge in [0.25, 0.3) is 11.8 Å². The third-order valence-electron chi connectivity index (χ3n) is 10.4. The Balaban J connectivity index is 1.35. The van der Waals surface area contributed by atoms with E-state index in [2.05, 4.69) is 9.80 Å². The lowest BCUT2D eigenvalue weighted by Gasteiger charge is -2.39. The van der Waals surface area contributed by atoms with Crippen LogP contribution in [0.15, 0.2) is 12.2 Å². The van der Waals surface area contributed by atoms with Gasteiger partial charge in [0.15, 0.2) is 6.29 Å². The van der Waals surface area contributed by atoms with Gasteiger partial charge in [0, 0.05) is 63.8 Å². The maximum Gasteiger partial charge on any atom is 0.317 e. The predicted molar refractivity (Wildman–Crippen MR) is 217 cm³/mol. The van der Waals surface area contributed by atoms with E-state index in [1.165, 1.54) is 27.8 Å². The number of carboxylic acid groups (broad SMARTS) is 2. The molecule has 2 amide bonds. The normalized spacial score (nSPS) is 25.6. The minimum absolute atomic E-state index is 0.00842. The molecule has 57 heavy (non-hydrogen) atoms. The summed E-state index contributed by atoms with van der Waals surface area (Å²) in [6.07, 6.45) is 6.95. The van der Waals surface area contributed by atoms with E-state index in [4.69, 9.17) is 9.47 Å². The standard InChI is InChI=1S/C38H67N5O12S2/c44-28-30-35(51)36(52)37(53)38(55-30)54-24-8-6-4-2-1-3-5-7-14-39-15-9-17-42(27-34(49)50)23-21-40(16-10-18-41(22-20-39)26-33(47)48)19-11-25-56-57-29-43-31(45)12-13-32(43)46/h12-13,30,35-38,44,51-53H,1-11,14-29H2,(H,47,48)(H,49,50)/t30?,35-,36+,37?,38-/m1/s1. The zero-order valence-electron chi connectivity index (χ0n) is 33.3. The number of rotatable bonds is 24. The molecule has 17 nitrogen and oxygen atoms in total. The first-order chi connectivity index (χ1) is 27.5. The largest absolute Gasteiger partial charge is 0.480 e. The van der Waals surface area contributed by atoms with Crippen molar-refractivity contribution in [1.82, 2.24) is 24.5 Å². The number of aliphatic hydroxyl groups is 4. The van der Waals surface area contributed by atoms with Gasteiger partial charge >= 0.3 is 11.9 Å². The number of carbonyl (C=O) groups is 4. The van der Waals surface area contributed by atoms with Gasteiger partial charge in [-0.25, -0.2) is 0 Å². The van der Waals surface area contributed by atoms with Crippen molar-refractivity contribution < 1.29 is 59.3 Å². The number of unbranched alkanes of at least 4 members (excludes halogenated alkanes) is 7. The van der Waals surface area contributed by atoms with E-state index < -0.39 is 49.3 Å². The molecule has 0 aromatic carbocycles. The summed E-state index contributed by atoms with van der Waals surface area (Å²) in [6.45, 7) is 7.20. The van der Waals surface area contributed by atoms with Crippen LogP contribution in [0, 0.1) is 0 Å². The molecule has 19 heteroatoms. The Morgan fingerprint density at radius 1 is 0.649 bits per heavy atom. The Hall–Kier alpha value is -1.88. The number of amides is 2. The fourth-order valence-corrected chi connectivity index (χ4v) is 9.20. The van der Waals surface area contributed by atoms with Crippen LogP contribution in [0.4, 0.5) is 0 Å². The number of hydrogen-bond donors (Lipinski definition) is 6. The monoisotopic (exact) mass is 849 g/mol. The maximum absolute atomic E-state index is 11.8. The quantitative estimate of drug-likeness (QED) is 0.0448. The van der Waals surface area contributed by atoms with Gasteiger partial charge < -0.3 is 49.9 Å². The lowest BCUT2D eigenvalue weighted by molar-refractivity contribution is -0.301. The smallest absolute Gasteiger partial charge is 0.317 e. The van der Waals surface area contributed by atoms with Crippen molar-refractivity contribution in [2.24, 2.45) is 0 Å². The highest BCUT2D eigenvalue weighted by molar-refractivity contribution is 8.76. The van der Waals surface area contributed by atoms with E-state index >= 15 is 0 Å². The highest BCUT2D eigenvalue weighted by Crippen LogP contribution is 2.25. The van der Waals surface area contributed by atoms with Gasteiger partial charge in [-0.2, -0.15) is 0 Å². The van der Waals surface area contributed by atoms with E-state index in [1.807, 2.05) is 9.80 Å².